The fourth-order valence-electron chi connectivity index (χ4n) is 5.30. The van der Waals surface area contributed by atoms with Gasteiger partial charge in [0.15, 0.2) is 0 Å². The number of likely N-dealkylation sites (tertiary alicyclic amines) is 1. The molecule has 9 nitrogen and oxygen atoms in total. The van der Waals surface area contributed by atoms with Gasteiger partial charge in [-0.15, -0.1) is 0 Å². The number of pyridine rings is 2. The Hall–Kier alpha value is -4.34. The van der Waals surface area contributed by atoms with E-state index in [0.29, 0.717) is 5.52 Å². The van der Waals surface area contributed by atoms with Gasteiger partial charge in [0.2, 0.25) is 0 Å². The first-order valence-electron chi connectivity index (χ1n) is 13.2. The summed E-state index contributed by atoms with van der Waals surface area (Å²) in [6.45, 7) is 9.17. The van der Waals surface area contributed by atoms with Gasteiger partial charge in [0.05, 0.1) is 23.8 Å². The Morgan fingerprint density at radius 2 is 1.80 bits per heavy atom. The van der Waals surface area contributed by atoms with Crippen LogP contribution < -0.4 is 5.32 Å². The molecular weight excluding hydrogens is 511 g/mol. The van der Waals surface area contributed by atoms with E-state index in [1.807, 2.05) is 45.2 Å². The van der Waals surface area contributed by atoms with Crippen molar-refractivity contribution in [1.29, 1.82) is 0 Å². The summed E-state index contributed by atoms with van der Waals surface area (Å²) in [5, 5.41) is 7.99. The molecule has 1 fully saturated rings. The lowest BCUT2D eigenvalue weighted by Crippen LogP contribution is -2.42. The Kier molecular flexibility index (Phi) is 7.03. The maximum absolute atomic E-state index is 14.9. The summed E-state index contributed by atoms with van der Waals surface area (Å²) in [6, 6.07) is 8.63. The number of aromatic nitrogens is 4. The predicted molar refractivity (Wildman–Crippen MR) is 151 cm³/mol. The molecule has 3 aromatic heterocycles. The third-order valence-corrected chi connectivity index (χ3v) is 7.06. The van der Waals surface area contributed by atoms with Crippen LogP contribution in [0.25, 0.3) is 33.3 Å². The van der Waals surface area contributed by atoms with Crippen LogP contribution in [-0.4, -0.2) is 67.6 Å². The highest BCUT2D eigenvalue weighted by molar-refractivity contribution is 6.04. The van der Waals surface area contributed by atoms with E-state index in [9.17, 15) is 14.0 Å². The van der Waals surface area contributed by atoms with Gasteiger partial charge in [-0.3, -0.25) is 14.5 Å². The molecule has 1 aromatic carbocycles. The van der Waals surface area contributed by atoms with E-state index in [1.54, 1.807) is 50.1 Å². The molecule has 0 saturated carbocycles. The Bertz CT molecular complexity index is 1590. The van der Waals surface area contributed by atoms with Gasteiger partial charge in [0.1, 0.15) is 17.5 Å². The third-order valence-electron chi connectivity index (χ3n) is 7.06. The molecule has 0 spiro atoms. The zero-order valence-corrected chi connectivity index (χ0v) is 23.5. The standard InChI is InChI=1S/C30H33FN6O3/c1-17-13-22-27(18(2)26(17)19-7-10-32-11-8-19)20(25-9-12-33-36(25)6)14-23(34-22)28(38)35-24-16-37(15-21(24)31)29(39)40-30(3,4)5/h7-14,21,24H,15-16H2,1-6H3,(H,35,38)/t21-,24+/m0/s1. The highest BCUT2D eigenvalue weighted by Gasteiger charge is 2.38. The van der Waals surface area contributed by atoms with Crippen molar-refractivity contribution in [3.05, 3.63) is 65.7 Å². The van der Waals surface area contributed by atoms with Gasteiger partial charge < -0.3 is 15.0 Å². The maximum Gasteiger partial charge on any atom is 0.410 e. The lowest BCUT2D eigenvalue weighted by atomic mass is 9.90. The first kappa shape index (κ1) is 27.2. The van der Waals surface area contributed by atoms with Gasteiger partial charge in [0, 0.05) is 43.1 Å². The molecule has 0 bridgehead atoms. The molecular formula is C30H33FN6O3. The molecule has 10 heteroatoms. The normalized spacial score (nSPS) is 17.3. The van der Waals surface area contributed by atoms with Crippen molar-refractivity contribution in [1.82, 2.24) is 30.0 Å². The zero-order chi connectivity index (χ0) is 28.8. The Balaban J connectivity index is 1.53. The van der Waals surface area contributed by atoms with Crippen molar-refractivity contribution in [2.24, 2.45) is 7.05 Å². The van der Waals surface area contributed by atoms with Crippen molar-refractivity contribution in [2.75, 3.05) is 13.1 Å². The molecule has 0 aliphatic carbocycles. The third kappa shape index (κ3) is 5.25. The van der Waals surface area contributed by atoms with E-state index in [4.69, 9.17) is 9.72 Å². The second-order valence-electron chi connectivity index (χ2n) is 11.2. The molecule has 0 radical (unpaired) electrons. The minimum absolute atomic E-state index is 0.0114. The molecule has 1 N–H and O–H groups in total. The number of alkyl halides is 1. The number of hydrogen-bond acceptors (Lipinski definition) is 6. The molecule has 1 aliphatic heterocycles. The average Bonchev–Trinajstić information content (AvgIpc) is 3.48. The summed E-state index contributed by atoms with van der Waals surface area (Å²) < 4.78 is 22.0. The van der Waals surface area contributed by atoms with E-state index in [0.717, 1.165) is 38.9 Å². The summed E-state index contributed by atoms with van der Waals surface area (Å²) in [5.41, 5.74) is 5.84. The van der Waals surface area contributed by atoms with Gasteiger partial charge in [-0.25, -0.2) is 14.2 Å². The Labute approximate surface area is 232 Å². The second-order valence-corrected chi connectivity index (χ2v) is 11.2. The minimum atomic E-state index is -1.43. The molecule has 40 heavy (non-hydrogen) atoms. The maximum atomic E-state index is 14.9. The molecule has 0 unspecified atom stereocenters. The molecule has 4 aromatic rings. The highest BCUT2D eigenvalue weighted by atomic mass is 19.1. The summed E-state index contributed by atoms with van der Waals surface area (Å²) >= 11 is 0. The van der Waals surface area contributed by atoms with Gasteiger partial charge in [-0.1, -0.05) is 0 Å². The quantitative estimate of drug-likeness (QED) is 0.388. The molecule has 208 valence electrons. The van der Waals surface area contributed by atoms with Crippen molar-refractivity contribution in [3.63, 3.8) is 0 Å². The van der Waals surface area contributed by atoms with E-state index in [2.05, 4.69) is 15.4 Å². The van der Waals surface area contributed by atoms with Crippen LogP contribution in [0.4, 0.5) is 9.18 Å². The summed E-state index contributed by atoms with van der Waals surface area (Å²) in [4.78, 5) is 36.1. The van der Waals surface area contributed by atoms with E-state index >= 15 is 0 Å². The van der Waals surface area contributed by atoms with Crippen LogP contribution in [0.3, 0.4) is 0 Å². The second kappa shape index (κ2) is 10.3. The molecule has 2 atom stereocenters. The number of fused-ring (bicyclic) bond motifs is 1. The Morgan fingerprint density at radius 3 is 2.45 bits per heavy atom. The smallest absolute Gasteiger partial charge is 0.410 e. The number of ether oxygens (including phenoxy) is 1. The van der Waals surface area contributed by atoms with E-state index < -0.39 is 29.8 Å². The number of nitrogens with zero attached hydrogens (tertiary/aromatic N) is 5. The Morgan fingerprint density at radius 1 is 1.07 bits per heavy atom. The first-order valence-corrected chi connectivity index (χ1v) is 13.2. The summed E-state index contributed by atoms with van der Waals surface area (Å²) in [6.07, 6.45) is 3.19. The van der Waals surface area contributed by atoms with Crippen LogP contribution in [-0.2, 0) is 11.8 Å². The van der Waals surface area contributed by atoms with Crippen molar-refractivity contribution in [2.45, 2.75) is 52.4 Å². The number of carbonyl (C=O) groups excluding carboxylic acids is 2. The fraction of sp³-hybridized carbons (Fsp3) is 0.367. The van der Waals surface area contributed by atoms with Crippen LogP contribution in [0.2, 0.25) is 0 Å². The van der Waals surface area contributed by atoms with Crippen molar-refractivity contribution in [3.8, 4) is 22.4 Å². The number of benzene rings is 1. The molecule has 2 amide bonds. The monoisotopic (exact) mass is 544 g/mol. The number of amides is 2. The van der Waals surface area contributed by atoms with Gasteiger partial charge >= 0.3 is 6.09 Å². The van der Waals surface area contributed by atoms with E-state index in [-0.39, 0.29) is 18.8 Å². The van der Waals surface area contributed by atoms with Crippen LogP contribution in [0.5, 0.6) is 0 Å². The number of rotatable bonds is 4. The lowest BCUT2D eigenvalue weighted by molar-refractivity contribution is 0.0281. The van der Waals surface area contributed by atoms with Crippen LogP contribution in [0, 0.1) is 13.8 Å². The molecule has 1 saturated heterocycles. The number of carbonyl (C=O) groups is 2. The average molecular weight is 545 g/mol. The molecule has 1 aliphatic rings. The largest absolute Gasteiger partial charge is 0.444 e. The minimum Gasteiger partial charge on any atom is -0.444 e. The zero-order valence-electron chi connectivity index (χ0n) is 23.5. The predicted octanol–water partition coefficient (Wildman–Crippen LogP) is 5.00. The van der Waals surface area contributed by atoms with Gasteiger partial charge in [0.25, 0.3) is 5.91 Å². The molecule has 5 rings (SSSR count). The number of hydrogen-bond donors (Lipinski definition) is 1. The number of aryl methyl sites for hydroxylation is 3. The van der Waals surface area contributed by atoms with E-state index in [1.165, 1.54) is 4.90 Å². The first-order chi connectivity index (χ1) is 18.9. The number of halogens is 1. The summed E-state index contributed by atoms with van der Waals surface area (Å²) in [5.74, 6) is -0.516. The van der Waals surface area contributed by atoms with Gasteiger partial charge in [-0.2, -0.15) is 5.10 Å². The highest BCUT2D eigenvalue weighted by Crippen LogP contribution is 2.38. The van der Waals surface area contributed by atoms with Crippen LogP contribution in [0.15, 0.2) is 48.9 Å². The number of nitrogens with one attached hydrogen (secondary N) is 1. The fourth-order valence-corrected chi connectivity index (χ4v) is 5.30. The van der Waals surface area contributed by atoms with Crippen molar-refractivity contribution >= 4 is 22.9 Å². The van der Waals surface area contributed by atoms with Crippen LogP contribution in [0.1, 0.15) is 42.4 Å². The van der Waals surface area contributed by atoms with Crippen molar-refractivity contribution < 1.29 is 18.7 Å². The molecule has 4 heterocycles. The summed E-state index contributed by atoms with van der Waals surface area (Å²) in [7, 11) is 1.84. The SMILES string of the molecule is Cc1cc2nc(C(=O)N[C@@H]3CN(C(=O)OC(C)(C)C)C[C@@H]3F)cc(-c3ccnn3C)c2c(C)c1-c1ccncc1. The van der Waals surface area contributed by atoms with Crippen LogP contribution >= 0.6 is 0 Å². The topological polar surface area (TPSA) is 102 Å². The van der Waals surface area contributed by atoms with Gasteiger partial charge in [-0.05, 0) is 87.2 Å². The lowest BCUT2D eigenvalue weighted by Gasteiger charge is -2.24.